The van der Waals surface area contributed by atoms with E-state index in [-0.39, 0.29) is 0 Å². The Morgan fingerprint density at radius 3 is 3.00 bits per heavy atom. The highest BCUT2D eigenvalue weighted by Gasteiger charge is 1.98. The van der Waals surface area contributed by atoms with E-state index in [0.29, 0.717) is 18.8 Å². The summed E-state index contributed by atoms with van der Waals surface area (Å²) in [6, 6.07) is 9.31. The molecule has 0 unspecified atom stereocenters. The molecule has 5 heteroatoms. The van der Waals surface area contributed by atoms with Gasteiger partial charge in [-0.3, -0.25) is 4.98 Å². The molecule has 0 atom stereocenters. The van der Waals surface area contributed by atoms with Crippen LogP contribution in [0.25, 0.3) is 0 Å². The van der Waals surface area contributed by atoms with Crippen LogP contribution in [0.2, 0.25) is 0 Å². The van der Waals surface area contributed by atoms with Crippen molar-refractivity contribution in [2.75, 3.05) is 24.2 Å². The number of hydrogen-bond acceptors (Lipinski definition) is 4. The highest BCUT2D eigenvalue weighted by atomic mass is 79.9. The fourth-order valence-electron chi connectivity index (χ4n) is 1.48. The number of nitrogen functional groups attached to an aromatic ring is 1. The summed E-state index contributed by atoms with van der Waals surface area (Å²) in [5.41, 5.74) is 7.37. The predicted octanol–water partition coefficient (Wildman–Crippen LogP) is 2.92. The first-order valence-electron chi connectivity index (χ1n) is 5.57. The molecule has 4 nitrogen and oxygen atoms in total. The Morgan fingerprint density at radius 1 is 1.33 bits per heavy atom. The number of nitrogens with one attached hydrogen (secondary N) is 1. The third-order valence-corrected chi connectivity index (χ3v) is 2.95. The lowest BCUT2D eigenvalue weighted by atomic mass is 10.3. The van der Waals surface area contributed by atoms with E-state index in [4.69, 9.17) is 10.5 Å². The lowest BCUT2D eigenvalue weighted by Crippen LogP contribution is -2.11. The number of anilines is 2. The number of nitrogens with two attached hydrogens (primary N) is 1. The number of halogens is 1. The molecule has 0 radical (unpaired) electrons. The Hall–Kier alpha value is -1.75. The number of pyridine rings is 1. The third-order valence-electron chi connectivity index (χ3n) is 2.32. The zero-order valence-corrected chi connectivity index (χ0v) is 11.4. The van der Waals surface area contributed by atoms with Gasteiger partial charge in [0.2, 0.25) is 0 Å². The van der Waals surface area contributed by atoms with Gasteiger partial charge in [-0.1, -0.05) is 6.07 Å². The zero-order chi connectivity index (χ0) is 12.8. The molecule has 0 aliphatic rings. The van der Waals surface area contributed by atoms with Crippen LogP contribution in [-0.4, -0.2) is 18.1 Å². The molecule has 2 rings (SSSR count). The van der Waals surface area contributed by atoms with Crippen LogP contribution in [0.4, 0.5) is 11.4 Å². The molecule has 0 fully saturated rings. The second-order valence-electron chi connectivity index (χ2n) is 3.70. The second-order valence-corrected chi connectivity index (χ2v) is 4.56. The normalized spacial score (nSPS) is 10.1. The van der Waals surface area contributed by atoms with Crippen LogP contribution in [0.15, 0.2) is 47.2 Å². The highest BCUT2D eigenvalue weighted by molar-refractivity contribution is 9.10. The molecular weight excluding hydrogens is 294 g/mol. The van der Waals surface area contributed by atoms with Gasteiger partial charge >= 0.3 is 0 Å². The molecular formula is C13H14BrN3O. The van der Waals surface area contributed by atoms with Crippen LogP contribution >= 0.6 is 15.9 Å². The molecule has 0 aliphatic heterocycles. The summed E-state index contributed by atoms with van der Waals surface area (Å²) >= 11 is 3.42. The van der Waals surface area contributed by atoms with Crippen molar-refractivity contribution in [2.24, 2.45) is 0 Å². The highest BCUT2D eigenvalue weighted by Crippen LogP contribution is 2.19. The van der Waals surface area contributed by atoms with Gasteiger partial charge in [0.1, 0.15) is 12.4 Å². The van der Waals surface area contributed by atoms with Crippen molar-refractivity contribution in [3.05, 3.63) is 47.2 Å². The number of ether oxygens (including phenoxy) is 1. The number of benzene rings is 1. The fourth-order valence-corrected chi connectivity index (χ4v) is 1.87. The Balaban J connectivity index is 1.78. The molecule has 0 amide bonds. The Morgan fingerprint density at radius 2 is 2.22 bits per heavy atom. The third kappa shape index (κ3) is 3.63. The quantitative estimate of drug-likeness (QED) is 0.658. The zero-order valence-electron chi connectivity index (χ0n) is 9.77. The minimum absolute atomic E-state index is 0.568. The number of aromatic nitrogens is 1. The minimum Gasteiger partial charge on any atom is -0.492 e. The molecule has 0 saturated heterocycles. The lowest BCUT2D eigenvalue weighted by Gasteiger charge is -2.09. The topological polar surface area (TPSA) is 60.2 Å². The van der Waals surface area contributed by atoms with Crippen LogP contribution in [0.3, 0.4) is 0 Å². The Bertz CT molecular complexity index is 519. The molecule has 1 aromatic carbocycles. The molecule has 0 saturated carbocycles. The van der Waals surface area contributed by atoms with Crippen LogP contribution < -0.4 is 15.8 Å². The first kappa shape index (κ1) is 12.7. The fraction of sp³-hybridized carbons (Fsp3) is 0.154. The van der Waals surface area contributed by atoms with Gasteiger partial charge in [-0.25, -0.2) is 0 Å². The molecule has 1 heterocycles. The summed E-state index contributed by atoms with van der Waals surface area (Å²) in [5, 5.41) is 3.25. The van der Waals surface area contributed by atoms with Crippen LogP contribution in [-0.2, 0) is 0 Å². The first-order valence-corrected chi connectivity index (χ1v) is 6.37. The van der Waals surface area contributed by atoms with Crippen molar-refractivity contribution in [3.8, 4) is 5.75 Å². The van der Waals surface area contributed by atoms with Gasteiger partial charge in [0.15, 0.2) is 0 Å². The molecule has 0 spiro atoms. The van der Waals surface area contributed by atoms with Crippen molar-refractivity contribution in [1.29, 1.82) is 0 Å². The van der Waals surface area contributed by atoms with Gasteiger partial charge in [-0.2, -0.15) is 0 Å². The lowest BCUT2D eigenvalue weighted by molar-refractivity contribution is 0.333. The Kier molecular flexibility index (Phi) is 4.41. The van der Waals surface area contributed by atoms with E-state index >= 15 is 0 Å². The number of nitrogens with zero attached hydrogens (tertiary/aromatic N) is 1. The van der Waals surface area contributed by atoms with Gasteiger partial charge in [-0.15, -0.1) is 0 Å². The van der Waals surface area contributed by atoms with Crippen LogP contribution in [0.1, 0.15) is 0 Å². The van der Waals surface area contributed by atoms with Crippen molar-refractivity contribution >= 4 is 27.3 Å². The molecule has 3 N–H and O–H groups in total. The van der Waals surface area contributed by atoms with E-state index in [0.717, 1.165) is 15.9 Å². The predicted molar refractivity (Wildman–Crippen MR) is 76.8 cm³/mol. The van der Waals surface area contributed by atoms with E-state index in [2.05, 4.69) is 26.2 Å². The molecule has 2 aromatic rings. The van der Waals surface area contributed by atoms with Crippen molar-refractivity contribution in [1.82, 2.24) is 4.98 Å². The summed E-state index contributed by atoms with van der Waals surface area (Å²) in [6.45, 7) is 1.27. The summed E-state index contributed by atoms with van der Waals surface area (Å²) in [7, 11) is 0. The van der Waals surface area contributed by atoms with Crippen LogP contribution in [0, 0.1) is 0 Å². The van der Waals surface area contributed by atoms with Gasteiger partial charge < -0.3 is 15.8 Å². The number of hydrogen-bond donors (Lipinski definition) is 2. The summed E-state index contributed by atoms with van der Waals surface area (Å²) < 4.78 is 6.51. The largest absolute Gasteiger partial charge is 0.492 e. The summed E-state index contributed by atoms with van der Waals surface area (Å²) in [6.07, 6.45) is 3.49. The molecule has 0 bridgehead atoms. The maximum absolute atomic E-state index is 5.66. The molecule has 1 aromatic heterocycles. The average Bonchev–Trinajstić information content (AvgIpc) is 2.37. The smallest absolute Gasteiger partial charge is 0.121 e. The first-order chi connectivity index (χ1) is 8.75. The summed E-state index contributed by atoms with van der Waals surface area (Å²) in [5.74, 6) is 0.783. The van der Waals surface area contributed by atoms with Crippen molar-refractivity contribution in [2.45, 2.75) is 0 Å². The molecule has 18 heavy (non-hydrogen) atoms. The summed E-state index contributed by atoms with van der Waals surface area (Å²) in [4.78, 5) is 4.00. The van der Waals surface area contributed by atoms with E-state index in [1.807, 2.05) is 30.3 Å². The maximum Gasteiger partial charge on any atom is 0.121 e. The van der Waals surface area contributed by atoms with E-state index in [9.17, 15) is 0 Å². The van der Waals surface area contributed by atoms with E-state index in [1.54, 1.807) is 12.4 Å². The molecule has 0 aliphatic carbocycles. The second kappa shape index (κ2) is 6.26. The number of rotatable bonds is 5. The Labute approximate surface area is 114 Å². The van der Waals surface area contributed by atoms with Gasteiger partial charge in [0.25, 0.3) is 0 Å². The van der Waals surface area contributed by atoms with Gasteiger partial charge in [0.05, 0.1) is 10.2 Å². The maximum atomic E-state index is 5.66. The van der Waals surface area contributed by atoms with E-state index in [1.165, 1.54) is 0 Å². The average molecular weight is 308 g/mol. The van der Waals surface area contributed by atoms with E-state index < -0.39 is 0 Å². The van der Waals surface area contributed by atoms with Gasteiger partial charge in [0, 0.05) is 30.7 Å². The standard InChI is InChI=1S/C13H14BrN3O/c14-12-9-16-5-4-13(12)17-6-7-18-11-3-1-2-10(15)8-11/h1-5,8-9H,6-7,15H2,(H,16,17). The monoisotopic (exact) mass is 307 g/mol. The van der Waals surface area contributed by atoms with Gasteiger partial charge in [-0.05, 0) is 34.1 Å². The molecule has 94 valence electrons. The van der Waals surface area contributed by atoms with Crippen molar-refractivity contribution in [3.63, 3.8) is 0 Å². The SMILES string of the molecule is Nc1cccc(OCCNc2ccncc2Br)c1. The van der Waals surface area contributed by atoms with Crippen LogP contribution in [0.5, 0.6) is 5.75 Å². The van der Waals surface area contributed by atoms with Crippen molar-refractivity contribution < 1.29 is 4.74 Å². The minimum atomic E-state index is 0.568.